The summed E-state index contributed by atoms with van der Waals surface area (Å²) in [7, 11) is -1.95. The fourth-order valence-corrected chi connectivity index (χ4v) is 5.46. The average molecular weight is 418 g/mol. The Morgan fingerprint density at radius 2 is 1.93 bits per heavy atom. The van der Waals surface area contributed by atoms with Crippen LogP contribution in [-0.4, -0.2) is 38.4 Å². The molecule has 1 atom stereocenters. The van der Waals surface area contributed by atoms with E-state index in [1.54, 1.807) is 43.1 Å². The van der Waals surface area contributed by atoms with Crippen molar-refractivity contribution in [2.75, 3.05) is 6.54 Å². The van der Waals surface area contributed by atoms with Crippen LogP contribution < -0.4 is 0 Å². The minimum atomic E-state index is -3.73. The van der Waals surface area contributed by atoms with Gasteiger partial charge < -0.3 is 9.13 Å². The largest absolute Gasteiger partial charge is 0.337 e. The van der Waals surface area contributed by atoms with Crippen molar-refractivity contribution in [2.24, 2.45) is 7.05 Å². The van der Waals surface area contributed by atoms with E-state index in [2.05, 4.69) is 9.97 Å². The molecule has 1 aliphatic heterocycles. The summed E-state index contributed by atoms with van der Waals surface area (Å²) in [5.41, 5.74) is 1.86. The van der Waals surface area contributed by atoms with Gasteiger partial charge in [-0.2, -0.15) is 4.31 Å². The lowest BCUT2D eigenvalue weighted by molar-refractivity contribution is 0.373. The van der Waals surface area contributed by atoms with Gasteiger partial charge in [0, 0.05) is 38.2 Å². The van der Waals surface area contributed by atoms with Crippen LogP contribution in [0.2, 0.25) is 0 Å². The van der Waals surface area contributed by atoms with Gasteiger partial charge in [0.05, 0.1) is 6.04 Å². The number of imidazole rings is 2. The minimum Gasteiger partial charge on any atom is -0.337 e. The predicted octanol–water partition coefficient (Wildman–Crippen LogP) is 2.95. The Bertz CT molecular complexity index is 1110. The molecule has 3 heterocycles. The summed E-state index contributed by atoms with van der Waals surface area (Å²) in [6.07, 6.45) is 4.77. The number of halogens is 1. The molecule has 29 heavy (non-hydrogen) atoms. The van der Waals surface area contributed by atoms with Gasteiger partial charge in [-0.1, -0.05) is 12.1 Å². The molecule has 0 spiro atoms. The lowest BCUT2D eigenvalue weighted by atomic mass is 10.2. The first-order valence-corrected chi connectivity index (χ1v) is 11.0. The molecule has 1 saturated heterocycles. The first-order valence-electron chi connectivity index (χ1n) is 9.55. The second-order valence-corrected chi connectivity index (χ2v) is 9.32. The van der Waals surface area contributed by atoms with Crippen molar-refractivity contribution in [3.8, 4) is 0 Å². The van der Waals surface area contributed by atoms with Gasteiger partial charge in [0.25, 0.3) is 10.0 Å². The van der Waals surface area contributed by atoms with E-state index in [9.17, 15) is 12.8 Å². The third kappa shape index (κ3) is 3.60. The van der Waals surface area contributed by atoms with Crippen LogP contribution in [-0.2, 0) is 23.6 Å². The molecule has 0 radical (unpaired) electrons. The summed E-state index contributed by atoms with van der Waals surface area (Å²) < 4.78 is 45.0. The molecule has 0 saturated carbocycles. The second kappa shape index (κ2) is 7.38. The minimum absolute atomic E-state index is 0.0674. The highest BCUT2D eigenvalue weighted by Gasteiger charge is 2.39. The fourth-order valence-electron chi connectivity index (χ4n) is 3.78. The summed E-state index contributed by atoms with van der Waals surface area (Å²) in [5, 5.41) is 0.0674. The number of aryl methyl sites for hydroxylation is 3. The van der Waals surface area contributed by atoms with Gasteiger partial charge in [0.15, 0.2) is 5.03 Å². The molecule has 0 bridgehead atoms. The predicted molar refractivity (Wildman–Crippen MR) is 106 cm³/mol. The molecule has 9 heteroatoms. The number of hydrogen-bond donors (Lipinski definition) is 0. The molecule has 1 aliphatic rings. The summed E-state index contributed by atoms with van der Waals surface area (Å²) in [6.45, 7) is 4.66. The number of sulfonamides is 1. The standard InChI is InChI=1S/C20H24FN5O2S/c1-14-11-22-20(25(14)12-16-6-8-17(21)9-7-16)18-5-4-10-26(18)29(27,28)19-13-24(3)15(2)23-19/h6-9,11,13,18H,4-5,10,12H2,1-3H3. The molecule has 1 fully saturated rings. The van der Waals surface area contributed by atoms with Gasteiger partial charge in [-0.15, -0.1) is 0 Å². The summed E-state index contributed by atoms with van der Waals surface area (Å²) >= 11 is 0. The third-order valence-electron chi connectivity index (χ3n) is 5.50. The molecule has 1 aromatic carbocycles. The highest BCUT2D eigenvalue weighted by molar-refractivity contribution is 7.89. The van der Waals surface area contributed by atoms with Gasteiger partial charge >= 0.3 is 0 Å². The van der Waals surface area contributed by atoms with Gasteiger partial charge in [-0.3, -0.25) is 0 Å². The topological polar surface area (TPSA) is 73.0 Å². The first kappa shape index (κ1) is 19.8. The number of nitrogens with zero attached hydrogens (tertiary/aromatic N) is 5. The van der Waals surface area contributed by atoms with Crippen LogP contribution in [0.3, 0.4) is 0 Å². The number of rotatable bonds is 5. The molecule has 0 amide bonds. The Labute approximate surface area is 169 Å². The summed E-state index contributed by atoms with van der Waals surface area (Å²) in [6, 6.07) is 5.97. The molecule has 0 N–H and O–H groups in total. The van der Waals surface area contributed by atoms with Crippen LogP contribution in [0.4, 0.5) is 4.39 Å². The summed E-state index contributed by atoms with van der Waals surface area (Å²) in [4.78, 5) is 8.78. The Morgan fingerprint density at radius 1 is 1.21 bits per heavy atom. The van der Waals surface area contributed by atoms with Crippen molar-refractivity contribution in [1.29, 1.82) is 0 Å². The number of benzene rings is 1. The van der Waals surface area contributed by atoms with Crippen LogP contribution in [0.5, 0.6) is 0 Å². The molecule has 4 rings (SSSR count). The van der Waals surface area contributed by atoms with Gasteiger partial charge in [-0.25, -0.2) is 22.8 Å². The van der Waals surface area contributed by atoms with E-state index < -0.39 is 10.0 Å². The Hall–Kier alpha value is -2.52. The van der Waals surface area contributed by atoms with Crippen molar-refractivity contribution >= 4 is 10.0 Å². The van der Waals surface area contributed by atoms with E-state index >= 15 is 0 Å². The van der Waals surface area contributed by atoms with Crippen LogP contribution in [0.15, 0.2) is 41.7 Å². The van der Waals surface area contributed by atoms with E-state index in [1.807, 2.05) is 11.5 Å². The van der Waals surface area contributed by atoms with Gasteiger partial charge in [0.2, 0.25) is 0 Å². The quantitative estimate of drug-likeness (QED) is 0.640. The van der Waals surface area contributed by atoms with Crippen molar-refractivity contribution in [1.82, 2.24) is 23.4 Å². The molecular formula is C20H24FN5O2S. The van der Waals surface area contributed by atoms with Crippen LogP contribution in [0.1, 0.15) is 41.8 Å². The van der Waals surface area contributed by atoms with Crippen LogP contribution in [0.25, 0.3) is 0 Å². The van der Waals surface area contributed by atoms with Crippen LogP contribution >= 0.6 is 0 Å². The molecule has 2 aromatic heterocycles. The molecule has 3 aromatic rings. The summed E-state index contributed by atoms with van der Waals surface area (Å²) in [5.74, 6) is 1.07. The van der Waals surface area contributed by atoms with Gasteiger partial charge in [-0.05, 0) is 44.4 Å². The third-order valence-corrected chi connectivity index (χ3v) is 7.28. The van der Waals surface area contributed by atoms with Crippen molar-refractivity contribution in [3.05, 3.63) is 65.4 Å². The van der Waals surface area contributed by atoms with Crippen molar-refractivity contribution in [2.45, 2.75) is 44.3 Å². The highest BCUT2D eigenvalue weighted by atomic mass is 32.2. The lowest BCUT2D eigenvalue weighted by Gasteiger charge is -2.24. The fraction of sp³-hybridized carbons (Fsp3) is 0.400. The smallest absolute Gasteiger partial charge is 0.262 e. The molecule has 7 nitrogen and oxygen atoms in total. The maximum atomic E-state index is 13.3. The maximum absolute atomic E-state index is 13.3. The van der Waals surface area contributed by atoms with E-state index in [1.165, 1.54) is 16.4 Å². The Morgan fingerprint density at radius 3 is 2.59 bits per heavy atom. The van der Waals surface area contributed by atoms with E-state index in [4.69, 9.17) is 0 Å². The van der Waals surface area contributed by atoms with E-state index in [0.29, 0.717) is 31.2 Å². The normalized spacial score (nSPS) is 17.9. The number of aromatic nitrogens is 4. The van der Waals surface area contributed by atoms with Crippen molar-refractivity contribution in [3.63, 3.8) is 0 Å². The zero-order chi connectivity index (χ0) is 20.8. The Balaban J connectivity index is 1.68. The molecule has 0 aliphatic carbocycles. The second-order valence-electron chi connectivity index (χ2n) is 7.48. The van der Waals surface area contributed by atoms with Crippen LogP contribution in [0, 0.1) is 19.7 Å². The Kier molecular flexibility index (Phi) is 5.04. The van der Waals surface area contributed by atoms with E-state index in [0.717, 1.165) is 17.7 Å². The maximum Gasteiger partial charge on any atom is 0.262 e. The highest BCUT2D eigenvalue weighted by Crippen LogP contribution is 2.36. The van der Waals surface area contributed by atoms with Gasteiger partial charge in [0.1, 0.15) is 17.5 Å². The zero-order valence-corrected chi connectivity index (χ0v) is 17.5. The first-order chi connectivity index (χ1) is 13.8. The molecule has 1 unspecified atom stereocenters. The lowest BCUT2D eigenvalue weighted by Crippen LogP contribution is -2.32. The zero-order valence-electron chi connectivity index (χ0n) is 16.7. The monoisotopic (exact) mass is 417 g/mol. The van der Waals surface area contributed by atoms with E-state index in [-0.39, 0.29) is 16.9 Å². The average Bonchev–Trinajstić information content (AvgIpc) is 3.38. The molecular weight excluding hydrogens is 393 g/mol. The van der Waals surface area contributed by atoms with Crippen molar-refractivity contribution < 1.29 is 12.8 Å². The SMILES string of the molecule is Cc1nc(S(=O)(=O)N2CCCC2c2ncc(C)n2Cc2ccc(F)cc2)cn1C. The molecule has 154 valence electrons. The number of hydrogen-bond acceptors (Lipinski definition) is 4.